The molecule has 2 aromatic rings. The average molecular weight is 394 g/mol. The highest BCUT2D eigenvalue weighted by Crippen LogP contribution is 2.39. The summed E-state index contributed by atoms with van der Waals surface area (Å²) in [6, 6.07) is 10.1. The van der Waals surface area contributed by atoms with E-state index in [-0.39, 0.29) is 6.42 Å². The Kier molecular flexibility index (Phi) is 7.31. The number of carbonyl (C=O) groups excluding carboxylic acids is 2. The lowest BCUT2D eigenvalue weighted by molar-refractivity contribution is -0.146. The minimum atomic E-state index is -0.553. The van der Waals surface area contributed by atoms with Gasteiger partial charge in [0.05, 0.1) is 27.8 Å². The molecule has 0 bridgehead atoms. The maximum Gasteiger partial charge on any atom is 0.310 e. The van der Waals surface area contributed by atoms with Crippen LogP contribution in [0.3, 0.4) is 0 Å². The first kappa shape index (κ1) is 20.4. The van der Waals surface area contributed by atoms with E-state index in [1.54, 1.807) is 36.4 Å². The highest BCUT2D eigenvalue weighted by Gasteiger charge is 2.15. The third-order valence-corrected chi connectivity index (χ3v) is 3.97. The lowest BCUT2D eigenvalue weighted by Crippen LogP contribution is -2.21. The number of benzene rings is 2. The normalized spacial score (nSPS) is 10.1. The van der Waals surface area contributed by atoms with Crippen molar-refractivity contribution in [3.8, 4) is 17.2 Å². The molecule has 8 heteroatoms. The number of nitrogens with one attached hydrogen (secondary N) is 1. The molecule has 0 saturated carbocycles. The molecule has 0 aromatic heterocycles. The smallest absolute Gasteiger partial charge is 0.310 e. The average Bonchev–Trinajstić information content (AvgIpc) is 2.67. The zero-order valence-electron chi connectivity index (χ0n) is 15.2. The summed E-state index contributed by atoms with van der Waals surface area (Å²) in [7, 11) is 4.43. The predicted molar refractivity (Wildman–Crippen MR) is 101 cm³/mol. The third kappa shape index (κ3) is 5.52. The lowest BCUT2D eigenvalue weighted by Gasteiger charge is -2.14. The topological polar surface area (TPSA) is 83.1 Å². The molecule has 0 atom stereocenters. The van der Waals surface area contributed by atoms with Gasteiger partial charge < -0.3 is 24.3 Å². The van der Waals surface area contributed by atoms with E-state index in [1.807, 2.05) is 0 Å². The molecule has 2 rings (SSSR count). The monoisotopic (exact) mass is 393 g/mol. The number of amides is 1. The molecule has 1 N–H and O–H groups in total. The van der Waals surface area contributed by atoms with Crippen LogP contribution >= 0.6 is 11.6 Å². The molecule has 1 amide bonds. The molecule has 0 aliphatic carbocycles. The van der Waals surface area contributed by atoms with Crippen LogP contribution in [0.4, 0.5) is 5.69 Å². The highest BCUT2D eigenvalue weighted by molar-refractivity contribution is 6.31. The van der Waals surface area contributed by atoms with Crippen molar-refractivity contribution in [3.05, 3.63) is 47.0 Å². The molecule has 0 unspecified atom stereocenters. The SMILES string of the molecule is COc1cc(NC(=O)COC(=O)Cc2ccccc2Cl)cc(OC)c1OC. The highest BCUT2D eigenvalue weighted by atomic mass is 35.5. The van der Waals surface area contributed by atoms with Crippen molar-refractivity contribution >= 4 is 29.2 Å². The van der Waals surface area contributed by atoms with Crippen molar-refractivity contribution in [2.45, 2.75) is 6.42 Å². The van der Waals surface area contributed by atoms with E-state index >= 15 is 0 Å². The Bertz CT molecular complexity index is 799. The van der Waals surface area contributed by atoms with Gasteiger partial charge in [0, 0.05) is 22.8 Å². The number of esters is 1. The lowest BCUT2D eigenvalue weighted by atomic mass is 10.1. The molecule has 144 valence electrons. The van der Waals surface area contributed by atoms with Gasteiger partial charge in [-0.15, -0.1) is 0 Å². The Balaban J connectivity index is 1.95. The molecule has 7 nitrogen and oxygen atoms in total. The fourth-order valence-corrected chi connectivity index (χ4v) is 2.55. The predicted octanol–water partition coefficient (Wildman–Crippen LogP) is 3.09. The van der Waals surface area contributed by atoms with Crippen LogP contribution < -0.4 is 19.5 Å². The van der Waals surface area contributed by atoms with Gasteiger partial charge in [-0.1, -0.05) is 29.8 Å². The Morgan fingerprint density at radius 1 is 1.00 bits per heavy atom. The number of anilines is 1. The Labute approximate surface area is 162 Å². The van der Waals surface area contributed by atoms with Crippen molar-refractivity contribution in [2.75, 3.05) is 33.3 Å². The zero-order valence-corrected chi connectivity index (χ0v) is 16.0. The van der Waals surface area contributed by atoms with Crippen LogP contribution in [0.25, 0.3) is 0 Å². The fourth-order valence-electron chi connectivity index (χ4n) is 2.34. The maximum atomic E-state index is 12.1. The summed E-state index contributed by atoms with van der Waals surface area (Å²) in [5.74, 6) is 0.134. The Hall–Kier alpha value is -2.93. The van der Waals surface area contributed by atoms with Gasteiger partial charge in [0.1, 0.15) is 0 Å². The Morgan fingerprint density at radius 2 is 1.63 bits per heavy atom. The molecule has 0 aliphatic rings. The number of hydrogen-bond donors (Lipinski definition) is 1. The van der Waals surface area contributed by atoms with Gasteiger partial charge in [0.25, 0.3) is 5.91 Å². The summed E-state index contributed by atoms with van der Waals surface area (Å²) in [5, 5.41) is 3.08. The van der Waals surface area contributed by atoms with E-state index in [4.69, 9.17) is 30.5 Å². The van der Waals surface area contributed by atoms with E-state index in [1.165, 1.54) is 21.3 Å². The van der Waals surface area contributed by atoms with E-state index in [0.29, 0.717) is 33.5 Å². The summed E-state index contributed by atoms with van der Waals surface area (Å²) in [4.78, 5) is 24.0. The summed E-state index contributed by atoms with van der Waals surface area (Å²) in [6.45, 7) is -0.431. The summed E-state index contributed by atoms with van der Waals surface area (Å²) < 4.78 is 20.7. The van der Waals surface area contributed by atoms with Crippen LogP contribution in [0.15, 0.2) is 36.4 Å². The molecular weight excluding hydrogens is 374 g/mol. The van der Waals surface area contributed by atoms with Gasteiger partial charge in [-0.05, 0) is 11.6 Å². The molecule has 0 heterocycles. The van der Waals surface area contributed by atoms with E-state index in [0.717, 1.165) is 0 Å². The number of ether oxygens (including phenoxy) is 4. The molecule has 2 aromatic carbocycles. The van der Waals surface area contributed by atoms with Gasteiger partial charge in [0.2, 0.25) is 5.75 Å². The van der Waals surface area contributed by atoms with E-state index < -0.39 is 18.5 Å². The molecule has 0 aliphatic heterocycles. The summed E-state index contributed by atoms with van der Waals surface area (Å²) >= 11 is 6.00. The van der Waals surface area contributed by atoms with Crippen LogP contribution in [0.2, 0.25) is 5.02 Å². The summed E-state index contributed by atoms with van der Waals surface area (Å²) in [5.41, 5.74) is 1.05. The van der Waals surface area contributed by atoms with Crippen LogP contribution in [-0.4, -0.2) is 39.8 Å². The van der Waals surface area contributed by atoms with Gasteiger partial charge in [0.15, 0.2) is 18.1 Å². The minimum absolute atomic E-state index is 0.0167. The second-order valence-electron chi connectivity index (χ2n) is 5.39. The first-order chi connectivity index (χ1) is 13.0. The minimum Gasteiger partial charge on any atom is -0.493 e. The largest absolute Gasteiger partial charge is 0.493 e. The summed E-state index contributed by atoms with van der Waals surface area (Å²) in [6.07, 6.45) is -0.0167. The number of halogens is 1. The molecule has 0 fully saturated rings. The van der Waals surface area contributed by atoms with Crippen molar-refractivity contribution in [2.24, 2.45) is 0 Å². The van der Waals surface area contributed by atoms with E-state index in [2.05, 4.69) is 5.32 Å². The van der Waals surface area contributed by atoms with Crippen LogP contribution in [-0.2, 0) is 20.7 Å². The standard InChI is InChI=1S/C19H20ClNO6/c1-24-15-9-13(10-16(25-2)19(15)26-3)21-17(22)11-27-18(23)8-12-6-4-5-7-14(12)20/h4-7,9-10H,8,11H2,1-3H3,(H,21,22). The third-order valence-electron chi connectivity index (χ3n) is 3.61. The number of hydrogen-bond acceptors (Lipinski definition) is 6. The molecule has 0 spiro atoms. The van der Waals surface area contributed by atoms with Crippen molar-refractivity contribution in [1.29, 1.82) is 0 Å². The van der Waals surface area contributed by atoms with Gasteiger partial charge >= 0.3 is 5.97 Å². The fraction of sp³-hybridized carbons (Fsp3) is 0.263. The van der Waals surface area contributed by atoms with Crippen molar-refractivity contribution in [3.63, 3.8) is 0 Å². The molecule has 0 saturated heterocycles. The van der Waals surface area contributed by atoms with E-state index in [9.17, 15) is 9.59 Å². The van der Waals surface area contributed by atoms with Crippen LogP contribution in [0.1, 0.15) is 5.56 Å². The van der Waals surface area contributed by atoms with Gasteiger partial charge in [-0.25, -0.2) is 0 Å². The quantitative estimate of drug-likeness (QED) is 0.694. The molecular formula is C19H20ClNO6. The number of methoxy groups -OCH3 is 3. The molecule has 0 radical (unpaired) electrons. The van der Waals surface area contributed by atoms with Crippen molar-refractivity contribution < 1.29 is 28.5 Å². The first-order valence-electron chi connectivity index (χ1n) is 7.97. The zero-order chi connectivity index (χ0) is 19.8. The second kappa shape index (κ2) is 9.68. The van der Waals surface area contributed by atoms with Gasteiger partial charge in [-0.3, -0.25) is 9.59 Å². The second-order valence-corrected chi connectivity index (χ2v) is 5.80. The van der Waals surface area contributed by atoms with Crippen LogP contribution in [0.5, 0.6) is 17.2 Å². The van der Waals surface area contributed by atoms with Crippen molar-refractivity contribution in [1.82, 2.24) is 0 Å². The van der Waals surface area contributed by atoms with Gasteiger partial charge in [-0.2, -0.15) is 0 Å². The Morgan fingerprint density at radius 3 is 2.19 bits per heavy atom. The number of carbonyl (C=O) groups is 2. The van der Waals surface area contributed by atoms with Crippen LogP contribution in [0, 0.1) is 0 Å². The molecule has 27 heavy (non-hydrogen) atoms. The number of rotatable bonds is 8. The first-order valence-corrected chi connectivity index (χ1v) is 8.35. The maximum absolute atomic E-state index is 12.1.